The molecule has 2 saturated carbocycles. The largest absolute Gasteiger partial charge is 0.481 e. The zero-order chi connectivity index (χ0) is 14.7. The van der Waals surface area contributed by atoms with Crippen LogP contribution < -0.4 is 0 Å². The van der Waals surface area contributed by atoms with Gasteiger partial charge in [-0.2, -0.15) is 0 Å². The summed E-state index contributed by atoms with van der Waals surface area (Å²) >= 11 is 0. The summed E-state index contributed by atoms with van der Waals surface area (Å²) in [5, 5.41) is 14.4. The molecule has 0 amide bonds. The predicted molar refractivity (Wildman–Crippen MR) is 82.9 cm³/mol. The molecule has 4 heteroatoms. The lowest BCUT2D eigenvalue weighted by molar-refractivity contribution is -0.143. The van der Waals surface area contributed by atoms with Gasteiger partial charge in [0.15, 0.2) is 0 Å². The maximum atomic E-state index is 11.3. The van der Waals surface area contributed by atoms with Gasteiger partial charge in [-0.3, -0.25) is 4.79 Å². The average Bonchev–Trinajstić information content (AvgIpc) is 3.00. The molecule has 0 bridgehead atoms. The van der Waals surface area contributed by atoms with Crippen molar-refractivity contribution in [2.24, 2.45) is 5.92 Å². The highest BCUT2D eigenvalue weighted by Gasteiger charge is 2.38. The number of carboxylic acids is 1. The first-order valence-corrected chi connectivity index (χ1v) is 9.01. The Bertz CT molecular complexity index is 331. The van der Waals surface area contributed by atoms with Crippen LogP contribution in [-0.2, 0) is 4.79 Å². The Hall–Kier alpha value is -0.610. The van der Waals surface area contributed by atoms with E-state index in [2.05, 4.69) is 10.0 Å². The lowest BCUT2D eigenvalue weighted by Gasteiger charge is -2.46. The third kappa shape index (κ3) is 3.59. The van der Waals surface area contributed by atoms with E-state index >= 15 is 0 Å². The molecule has 1 heterocycles. The number of nitrogens with zero attached hydrogens (tertiary/aromatic N) is 2. The highest BCUT2D eigenvalue weighted by atomic mass is 16.4. The van der Waals surface area contributed by atoms with Crippen molar-refractivity contribution < 1.29 is 9.90 Å². The molecule has 1 atom stereocenters. The summed E-state index contributed by atoms with van der Waals surface area (Å²) in [6.07, 6.45) is 14.2. The Morgan fingerprint density at radius 1 is 0.857 bits per heavy atom. The molecule has 21 heavy (non-hydrogen) atoms. The van der Waals surface area contributed by atoms with E-state index in [9.17, 15) is 9.90 Å². The lowest BCUT2D eigenvalue weighted by Crippen LogP contribution is -2.54. The Kier molecular flexibility index (Phi) is 5.17. The van der Waals surface area contributed by atoms with E-state index < -0.39 is 5.97 Å². The molecule has 1 unspecified atom stereocenters. The second kappa shape index (κ2) is 7.10. The predicted octanol–water partition coefficient (Wildman–Crippen LogP) is 3.28. The first-order valence-electron chi connectivity index (χ1n) is 9.01. The van der Waals surface area contributed by atoms with Crippen LogP contribution in [0.4, 0.5) is 0 Å². The maximum absolute atomic E-state index is 11.3. The molecule has 2 aliphatic carbocycles. The van der Waals surface area contributed by atoms with E-state index in [0.29, 0.717) is 12.1 Å². The number of hydrogen-bond acceptors (Lipinski definition) is 3. The van der Waals surface area contributed by atoms with E-state index in [1.165, 1.54) is 64.2 Å². The van der Waals surface area contributed by atoms with Gasteiger partial charge in [0.1, 0.15) is 0 Å². The molecule has 3 fully saturated rings. The van der Waals surface area contributed by atoms with Gasteiger partial charge in [0.2, 0.25) is 0 Å². The summed E-state index contributed by atoms with van der Waals surface area (Å²) in [5.41, 5.74) is 0. The molecule has 0 aromatic carbocycles. The van der Waals surface area contributed by atoms with Crippen molar-refractivity contribution in [3.8, 4) is 0 Å². The number of rotatable bonds is 4. The van der Waals surface area contributed by atoms with Crippen LogP contribution in [0.3, 0.4) is 0 Å². The first kappa shape index (κ1) is 15.3. The maximum Gasteiger partial charge on any atom is 0.307 e. The Morgan fingerprint density at radius 3 is 1.81 bits per heavy atom. The van der Waals surface area contributed by atoms with Gasteiger partial charge in [0.25, 0.3) is 0 Å². The third-order valence-electron chi connectivity index (χ3n) is 5.74. The number of hydrazine groups is 1. The van der Waals surface area contributed by atoms with Crippen LogP contribution >= 0.6 is 0 Å². The summed E-state index contributed by atoms with van der Waals surface area (Å²) in [6, 6.07) is 1.35. The molecule has 1 saturated heterocycles. The fourth-order valence-electron chi connectivity index (χ4n) is 4.60. The van der Waals surface area contributed by atoms with E-state index in [-0.39, 0.29) is 5.92 Å². The molecular weight excluding hydrogens is 264 g/mol. The Labute approximate surface area is 128 Å². The molecule has 0 radical (unpaired) electrons. The minimum Gasteiger partial charge on any atom is -0.481 e. The Balaban J connectivity index is 1.70. The van der Waals surface area contributed by atoms with E-state index in [0.717, 1.165) is 19.5 Å². The smallest absolute Gasteiger partial charge is 0.307 e. The van der Waals surface area contributed by atoms with Crippen LogP contribution in [-0.4, -0.2) is 46.3 Å². The topological polar surface area (TPSA) is 43.8 Å². The lowest BCUT2D eigenvalue weighted by atomic mass is 9.90. The Morgan fingerprint density at radius 2 is 1.38 bits per heavy atom. The third-order valence-corrected chi connectivity index (χ3v) is 5.74. The minimum atomic E-state index is -0.607. The number of carbonyl (C=O) groups is 1. The van der Waals surface area contributed by atoms with E-state index in [1.54, 1.807) is 0 Å². The van der Waals surface area contributed by atoms with Crippen LogP contribution in [0.15, 0.2) is 0 Å². The van der Waals surface area contributed by atoms with Crippen molar-refractivity contribution in [1.82, 2.24) is 10.0 Å². The van der Waals surface area contributed by atoms with Gasteiger partial charge in [0.05, 0.1) is 5.92 Å². The average molecular weight is 294 g/mol. The van der Waals surface area contributed by atoms with Crippen molar-refractivity contribution in [3.63, 3.8) is 0 Å². The zero-order valence-electron chi connectivity index (χ0n) is 13.2. The van der Waals surface area contributed by atoms with Crippen LogP contribution in [0.25, 0.3) is 0 Å². The van der Waals surface area contributed by atoms with Crippen LogP contribution in [0, 0.1) is 5.92 Å². The van der Waals surface area contributed by atoms with Gasteiger partial charge in [-0.05, 0) is 32.1 Å². The van der Waals surface area contributed by atoms with Gasteiger partial charge >= 0.3 is 5.97 Å². The van der Waals surface area contributed by atoms with Gasteiger partial charge in [0, 0.05) is 25.2 Å². The molecular formula is C17H30N2O2. The van der Waals surface area contributed by atoms with Crippen LogP contribution in [0.1, 0.15) is 70.6 Å². The number of aliphatic carboxylic acids is 1. The summed E-state index contributed by atoms with van der Waals surface area (Å²) in [5.74, 6) is -0.760. The van der Waals surface area contributed by atoms with Gasteiger partial charge in [-0.25, -0.2) is 10.0 Å². The van der Waals surface area contributed by atoms with Crippen LogP contribution in [0.5, 0.6) is 0 Å². The van der Waals surface area contributed by atoms with Gasteiger partial charge < -0.3 is 5.11 Å². The molecule has 1 N–H and O–H groups in total. The quantitative estimate of drug-likeness (QED) is 0.864. The second-order valence-corrected chi connectivity index (χ2v) is 7.20. The molecule has 0 spiro atoms. The van der Waals surface area contributed by atoms with Crippen molar-refractivity contribution in [2.45, 2.75) is 82.7 Å². The van der Waals surface area contributed by atoms with Crippen molar-refractivity contribution in [3.05, 3.63) is 0 Å². The van der Waals surface area contributed by atoms with Crippen molar-refractivity contribution in [1.29, 1.82) is 0 Å². The molecule has 0 aromatic heterocycles. The standard InChI is InChI=1S/C17H30N2O2/c20-17(21)14-11-12-18(13-14)19(15-7-3-1-4-8-15)16-9-5-2-6-10-16/h14-16H,1-13H2,(H,20,21). The summed E-state index contributed by atoms with van der Waals surface area (Å²) < 4.78 is 0. The highest BCUT2D eigenvalue weighted by Crippen LogP contribution is 2.33. The van der Waals surface area contributed by atoms with Crippen molar-refractivity contribution >= 4 is 5.97 Å². The second-order valence-electron chi connectivity index (χ2n) is 7.20. The summed E-state index contributed by atoms with van der Waals surface area (Å²) in [6.45, 7) is 1.69. The molecule has 120 valence electrons. The van der Waals surface area contributed by atoms with Gasteiger partial charge in [-0.1, -0.05) is 38.5 Å². The van der Waals surface area contributed by atoms with E-state index in [1.807, 2.05) is 0 Å². The molecule has 0 aromatic rings. The monoisotopic (exact) mass is 294 g/mol. The molecule has 3 rings (SSSR count). The number of carboxylic acid groups (broad SMARTS) is 1. The highest BCUT2D eigenvalue weighted by molar-refractivity contribution is 5.70. The minimum absolute atomic E-state index is 0.153. The normalized spacial score (nSPS) is 30.0. The SMILES string of the molecule is O=C(O)C1CCN(N(C2CCCCC2)C2CCCCC2)C1. The number of hydrogen-bond donors (Lipinski definition) is 1. The van der Waals surface area contributed by atoms with E-state index in [4.69, 9.17) is 0 Å². The van der Waals surface area contributed by atoms with Gasteiger partial charge in [-0.15, -0.1) is 0 Å². The first-order chi connectivity index (χ1) is 10.3. The summed E-state index contributed by atoms with van der Waals surface area (Å²) in [7, 11) is 0. The molecule has 3 aliphatic rings. The zero-order valence-corrected chi connectivity index (χ0v) is 13.2. The van der Waals surface area contributed by atoms with Crippen molar-refractivity contribution in [2.75, 3.05) is 13.1 Å². The molecule has 4 nitrogen and oxygen atoms in total. The summed E-state index contributed by atoms with van der Waals surface area (Å²) in [4.78, 5) is 11.3. The fourth-order valence-corrected chi connectivity index (χ4v) is 4.60. The fraction of sp³-hybridized carbons (Fsp3) is 0.941. The van der Waals surface area contributed by atoms with Crippen LogP contribution in [0.2, 0.25) is 0 Å². The molecule has 1 aliphatic heterocycles.